The van der Waals surface area contributed by atoms with E-state index in [4.69, 9.17) is 17.3 Å². The number of nitrogens with two attached hydrogens (primary N) is 1. The Morgan fingerprint density at radius 1 is 1.14 bits per heavy atom. The molecule has 0 fully saturated rings. The van der Waals surface area contributed by atoms with Gasteiger partial charge in [-0.05, 0) is 65.2 Å². The average molecular weight is 390 g/mol. The van der Waals surface area contributed by atoms with Gasteiger partial charge in [0, 0.05) is 15.2 Å². The molecule has 7 heteroatoms. The molecule has 4 nitrogen and oxygen atoms in total. The van der Waals surface area contributed by atoms with Crippen LogP contribution in [-0.4, -0.2) is 8.42 Å². The minimum absolute atomic E-state index is 0.139. The summed E-state index contributed by atoms with van der Waals surface area (Å²) >= 11 is 9.28. The first-order valence-electron chi connectivity index (χ1n) is 6.05. The topological polar surface area (TPSA) is 72.2 Å². The molecule has 0 aliphatic heterocycles. The van der Waals surface area contributed by atoms with E-state index in [-0.39, 0.29) is 4.90 Å². The van der Waals surface area contributed by atoms with E-state index in [1.54, 1.807) is 31.2 Å². The number of aryl methyl sites for hydroxylation is 2. The van der Waals surface area contributed by atoms with Crippen molar-refractivity contribution in [3.63, 3.8) is 0 Å². The lowest BCUT2D eigenvalue weighted by molar-refractivity contribution is 0.600. The van der Waals surface area contributed by atoms with Crippen molar-refractivity contribution in [3.8, 4) is 0 Å². The van der Waals surface area contributed by atoms with E-state index < -0.39 is 10.0 Å². The van der Waals surface area contributed by atoms with E-state index in [1.165, 1.54) is 6.07 Å². The van der Waals surface area contributed by atoms with E-state index in [1.807, 2.05) is 6.92 Å². The molecular formula is C14H14BrClN2O2S. The number of anilines is 2. The molecule has 0 aliphatic carbocycles. The van der Waals surface area contributed by atoms with Gasteiger partial charge in [-0.15, -0.1) is 0 Å². The Balaban J connectivity index is 2.43. The quantitative estimate of drug-likeness (QED) is 0.776. The van der Waals surface area contributed by atoms with Gasteiger partial charge in [-0.3, -0.25) is 4.72 Å². The summed E-state index contributed by atoms with van der Waals surface area (Å²) in [4.78, 5) is 0.139. The minimum Gasteiger partial charge on any atom is -0.398 e. The molecule has 0 aromatic heterocycles. The number of nitrogen functional groups attached to an aromatic ring is 1. The summed E-state index contributed by atoms with van der Waals surface area (Å²) in [6.45, 7) is 3.56. The van der Waals surface area contributed by atoms with E-state index in [2.05, 4.69) is 20.7 Å². The highest BCUT2D eigenvalue weighted by Gasteiger charge is 2.18. The molecule has 0 spiro atoms. The molecule has 0 radical (unpaired) electrons. The maximum atomic E-state index is 12.5. The summed E-state index contributed by atoms with van der Waals surface area (Å²) in [5, 5.41) is 0.502. The van der Waals surface area contributed by atoms with Gasteiger partial charge in [0.1, 0.15) is 0 Å². The zero-order valence-corrected chi connectivity index (χ0v) is 14.6. The Bertz CT molecular complexity index is 807. The second-order valence-corrected chi connectivity index (χ2v) is 7.62. The van der Waals surface area contributed by atoms with Crippen molar-refractivity contribution in [1.29, 1.82) is 0 Å². The van der Waals surface area contributed by atoms with Crippen molar-refractivity contribution >= 4 is 48.9 Å². The third kappa shape index (κ3) is 3.51. The third-order valence-electron chi connectivity index (χ3n) is 3.01. The molecule has 3 N–H and O–H groups in total. The third-order valence-corrected chi connectivity index (χ3v) is 5.63. The SMILES string of the molecule is Cc1ccc(NS(=O)(=O)c2cc(N)c(Br)cc2C)cc1Cl. The Labute approximate surface area is 137 Å². The summed E-state index contributed by atoms with van der Waals surface area (Å²) in [6.07, 6.45) is 0. The van der Waals surface area contributed by atoms with Crippen LogP contribution in [0, 0.1) is 13.8 Å². The Morgan fingerprint density at radius 2 is 1.81 bits per heavy atom. The smallest absolute Gasteiger partial charge is 0.262 e. The van der Waals surface area contributed by atoms with Gasteiger partial charge in [0.2, 0.25) is 0 Å². The van der Waals surface area contributed by atoms with Gasteiger partial charge in [0.15, 0.2) is 0 Å². The molecule has 0 heterocycles. The van der Waals surface area contributed by atoms with Crippen molar-refractivity contribution in [2.24, 2.45) is 0 Å². The minimum atomic E-state index is -3.72. The van der Waals surface area contributed by atoms with Crippen LogP contribution >= 0.6 is 27.5 Å². The van der Waals surface area contributed by atoms with E-state index >= 15 is 0 Å². The number of hydrogen-bond acceptors (Lipinski definition) is 3. The highest BCUT2D eigenvalue weighted by atomic mass is 79.9. The normalized spacial score (nSPS) is 11.4. The largest absolute Gasteiger partial charge is 0.398 e. The Morgan fingerprint density at radius 3 is 2.43 bits per heavy atom. The predicted octanol–water partition coefficient (Wildman–Crippen LogP) is 4.10. The number of sulfonamides is 1. The maximum Gasteiger partial charge on any atom is 0.262 e. The first-order chi connectivity index (χ1) is 9.70. The summed E-state index contributed by atoms with van der Waals surface area (Å²) in [5.41, 5.74) is 8.01. The number of benzene rings is 2. The number of nitrogens with one attached hydrogen (secondary N) is 1. The van der Waals surface area contributed by atoms with Crippen molar-refractivity contribution < 1.29 is 8.42 Å². The fourth-order valence-electron chi connectivity index (χ4n) is 1.82. The lowest BCUT2D eigenvalue weighted by atomic mass is 10.2. The fourth-order valence-corrected chi connectivity index (χ4v) is 3.78. The van der Waals surface area contributed by atoms with Crippen LogP contribution in [0.2, 0.25) is 5.02 Å². The number of hydrogen-bond donors (Lipinski definition) is 2. The van der Waals surface area contributed by atoms with Gasteiger partial charge < -0.3 is 5.73 Å². The lowest BCUT2D eigenvalue weighted by Gasteiger charge is -2.12. The summed E-state index contributed by atoms with van der Waals surface area (Å²) in [5.74, 6) is 0. The van der Waals surface area contributed by atoms with Crippen LogP contribution in [0.4, 0.5) is 11.4 Å². The summed E-state index contributed by atoms with van der Waals surface area (Å²) in [6, 6.07) is 8.09. The highest BCUT2D eigenvalue weighted by molar-refractivity contribution is 9.10. The molecule has 112 valence electrons. The number of halogens is 2. The van der Waals surface area contributed by atoms with Crippen LogP contribution in [0.15, 0.2) is 39.7 Å². The average Bonchev–Trinajstić information content (AvgIpc) is 2.37. The second-order valence-electron chi connectivity index (χ2n) is 4.71. The molecule has 0 atom stereocenters. The lowest BCUT2D eigenvalue weighted by Crippen LogP contribution is -2.14. The molecule has 21 heavy (non-hydrogen) atoms. The van der Waals surface area contributed by atoms with E-state index in [0.717, 1.165) is 5.56 Å². The molecule has 0 saturated heterocycles. The van der Waals surface area contributed by atoms with Crippen molar-refractivity contribution in [2.75, 3.05) is 10.5 Å². The number of rotatable bonds is 3. The van der Waals surface area contributed by atoms with E-state index in [9.17, 15) is 8.42 Å². The molecule has 2 rings (SSSR count). The van der Waals surface area contributed by atoms with Crippen LogP contribution in [0.1, 0.15) is 11.1 Å². The van der Waals surface area contributed by atoms with Gasteiger partial charge in [-0.2, -0.15) is 0 Å². The van der Waals surface area contributed by atoms with Crippen LogP contribution in [0.5, 0.6) is 0 Å². The van der Waals surface area contributed by atoms with Crippen LogP contribution in [0.25, 0.3) is 0 Å². The first kappa shape index (κ1) is 16.1. The zero-order chi connectivity index (χ0) is 15.8. The fraction of sp³-hybridized carbons (Fsp3) is 0.143. The molecule has 0 amide bonds. The van der Waals surface area contributed by atoms with Gasteiger partial charge in [0.05, 0.1) is 10.6 Å². The predicted molar refractivity (Wildman–Crippen MR) is 90.3 cm³/mol. The van der Waals surface area contributed by atoms with Gasteiger partial charge >= 0.3 is 0 Å². The molecule has 0 unspecified atom stereocenters. The Hall–Kier alpha value is -1.24. The molecule has 2 aromatic carbocycles. The first-order valence-corrected chi connectivity index (χ1v) is 8.71. The van der Waals surface area contributed by atoms with Crippen molar-refractivity contribution in [2.45, 2.75) is 18.7 Å². The van der Waals surface area contributed by atoms with Crippen molar-refractivity contribution in [3.05, 3.63) is 51.0 Å². The molecule has 2 aromatic rings. The van der Waals surface area contributed by atoms with Gasteiger partial charge in [-0.25, -0.2) is 8.42 Å². The van der Waals surface area contributed by atoms with Gasteiger partial charge in [0.25, 0.3) is 10.0 Å². The van der Waals surface area contributed by atoms with Gasteiger partial charge in [-0.1, -0.05) is 17.7 Å². The highest BCUT2D eigenvalue weighted by Crippen LogP contribution is 2.28. The monoisotopic (exact) mass is 388 g/mol. The summed E-state index contributed by atoms with van der Waals surface area (Å²) < 4.78 is 28.1. The molecular weight excluding hydrogens is 376 g/mol. The zero-order valence-electron chi connectivity index (χ0n) is 11.4. The van der Waals surface area contributed by atoms with Crippen LogP contribution < -0.4 is 10.5 Å². The molecule has 0 aliphatic rings. The standard InChI is InChI=1S/C14H14BrClN2O2S/c1-8-3-4-10(6-12(8)16)18-21(19,20)14-7-13(17)11(15)5-9(14)2/h3-7,18H,17H2,1-2H3. The second kappa shape index (κ2) is 5.87. The molecule has 0 bridgehead atoms. The van der Waals surface area contributed by atoms with E-state index in [0.29, 0.717) is 26.4 Å². The Kier molecular flexibility index (Phi) is 4.51. The molecule has 0 saturated carbocycles. The maximum absolute atomic E-state index is 12.5. The van der Waals surface area contributed by atoms with Crippen LogP contribution in [0.3, 0.4) is 0 Å². The van der Waals surface area contributed by atoms with Crippen molar-refractivity contribution in [1.82, 2.24) is 0 Å². The van der Waals surface area contributed by atoms with Crippen LogP contribution in [-0.2, 0) is 10.0 Å². The summed E-state index contributed by atoms with van der Waals surface area (Å²) in [7, 11) is -3.72.